The van der Waals surface area contributed by atoms with Crippen molar-refractivity contribution in [2.24, 2.45) is 0 Å². The number of hydrogen-bond donors (Lipinski definition) is 1. The van der Waals surface area contributed by atoms with E-state index in [4.69, 9.17) is 0 Å². The highest BCUT2D eigenvalue weighted by atomic mass is 16.3. The lowest BCUT2D eigenvalue weighted by atomic mass is 9.93. The molecule has 0 atom stereocenters. The normalized spacial score (nSPS) is 11.8. The van der Waals surface area contributed by atoms with Gasteiger partial charge in [0.05, 0.1) is 16.8 Å². The van der Waals surface area contributed by atoms with Crippen LogP contribution in [-0.2, 0) is 5.41 Å². The van der Waals surface area contributed by atoms with Gasteiger partial charge < -0.3 is 5.11 Å². The summed E-state index contributed by atoms with van der Waals surface area (Å²) in [6, 6.07) is 8.38. The van der Waals surface area contributed by atoms with Crippen molar-refractivity contribution in [3.8, 4) is 5.75 Å². The van der Waals surface area contributed by atoms with Gasteiger partial charge >= 0.3 is 0 Å². The van der Waals surface area contributed by atoms with E-state index in [1.807, 2.05) is 6.07 Å². The topological polar surface area (TPSA) is 67.5 Å². The molecule has 22 heavy (non-hydrogen) atoms. The minimum Gasteiger partial charge on any atom is -0.507 e. The molecule has 2 heterocycles. The largest absolute Gasteiger partial charge is 0.507 e. The summed E-state index contributed by atoms with van der Waals surface area (Å²) in [4.78, 5) is 16.8. The number of benzene rings is 1. The fourth-order valence-electron chi connectivity index (χ4n) is 2.18. The molecule has 0 bridgehead atoms. The smallest absolute Gasteiger partial charge is 0.199 e. The number of phenols is 1. The molecular weight excluding hydrogens is 278 g/mol. The fraction of sp³-hybridized carbons (Fsp3) is 0.235. The summed E-state index contributed by atoms with van der Waals surface area (Å²) in [5.74, 6) is -0.316. The van der Waals surface area contributed by atoms with Crippen LogP contribution in [0.1, 0.15) is 42.4 Å². The third-order valence-electron chi connectivity index (χ3n) is 3.49. The number of aromatic hydroxyl groups is 1. The van der Waals surface area contributed by atoms with Crippen LogP contribution < -0.4 is 0 Å². The summed E-state index contributed by atoms with van der Waals surface area (Å²) in [5, 5.41) is 14.3. The summed E-state index contributed by atoms with van der Waals surface area (Å²) in [6.07, 6.45) is 3.16. The Hall–Kier alpha value is -2.69. The molecule has 5 heteroatoms. The molecule has 0 aliphatic rings. The van der Waals surface area contributed by atoms with E-state index in [-0.39, 0.29) is 22.5 Å². The van der Waals surface area contributed by atoms with E-state index in [2.05, 4.69) is 30.9 Å². The highest BCUT2D eigenvalue weighted by Crippen LogP contribution is 2.23. The van der Waals surface area contributed by atoms with Crippen molar-refractivity contribution in [1.82, 2.24) is 14.6 Å². The van der Waals surface area contributed by atoms with Crippen LogP contribution in [0.25, 0.3) is 5.65 Å². The molecule has 0 unspecified atom stereocenters. The van der Waals surface area contributed by atoms with Crippen molar-refractivity contribution >= 4 is 11.4 Å². The van der Waals surface area contributed by atoms with Gasteiger partial charge in [-0.15, -0.1) is 0 Å². The molecule has 0 fully saturated rings. The van der Waals surface area contributed by atoms with E-state index < -0.39 is 0 Å². The predicted octanol–water partition coefficient (Wildman–Crippen LogP) is 2.96. The van der Waals surface area contributed by atoms with Crippen LogP contribution in [0.5, 0.6) is 5.75 Å². The molecular formula is C17H17N3O2. The van der Waals surface area contributed by atoms with E-state index in [9.17, 15) is 9.90 Å². The van der Waals surface area contributed by atoms with E-state index in [0.717, 1.165) is 5.69 Å². The Kier molecular flexibility index (Phi) is 3.20. The third kappa shape index (κ3) is 2.45. The summed E-state index contributed by atoms with van der Waals surface area (Å²) < 4.78 is 1.60. The number of rotatable bonds is 2. The van der Waals surface area contributed by atoms with Crippen LogP contribution in [0, 0.1) is 0 Å². The molecule has 1 aromatic carbocycles. The molecule has 1 N–H and O–H groups in total. The van der Waals surface area contributed by atoms with Gasteiger partial charge in [0, 0.05) is 23.9 Å². The number of para-hydroxylation sites is 1. The van der Waals surface area contributed by atoms with Crippen LogP contribution in [0.2, 0.25) is 0 Å². The van der Waals surface area contributed by atoms with Crippen molar-refractivity contribution in [3.05, 3.63) is 59.5 Å². The van der Waals surface area contributed by atoms with Gasteiger partial charge in [0.15, 0.2) is 11.4 Å². The van der Waals surface area contributed by atoms with Crippen LogP contribution in [0.4, 0.5) is 0 Å². The average Bonchev–Trinajstić information content (AvgIpc) is 2.90. The van der Waals surface area contributed by atoms with Gasteiger partial charge in [-0.2, -0.15) is 5.10 Å². The molecule has 2 aromatic heterocycles. The van der Waals surface area contributed by atoms with E-state index >= 15 is 0 Å². The van der Waals surface area contributed by atoms with Crippen molar-refractivity contribution in [2.75, 3.05) is 0 Å². The van der Waals surface area contributed by atoms with Gasteiger partial charge in [-0.3, -0.25) is 4.79 Å². The van der Waals surface area contributed by atoms with Crippen LogP contribution in [0.15, 0.2) is 42.7 Å². The first-order valence-corrected chi connectivity index (χ1v) is 7.05. The Morgan fingerprint density at radius 2 is 1.95 bits per heavy atom. The van der Waals surface area contributed by atoms with Gasteiger partial charge in [0.2, 0.25) is 0 Å². The molecule has 3 aromatic rings. The van der Waals surface area contributed by atoms with E-state index in [0.29, 0.717) is 11.2 Å². The zero-order valence-electron chi connectivity index (χ0n) is 12.7. The lowest BCUT2D eigenvalue weighted by Crippen LogP contribution is -2.12. The van der Waals surface area contributed by atoms with Crippen molar-refractivity contribution in [3.63, 3.8) is 0 Å². The highest BCUT2D eigenvalue weighted by molar-refractivity contribution is 6.10. The van der Waals surface area contributed by atoms with E-state index in [1.54, 1.807) is 28.9 Å². The third-order valence-corrected chi connectivity index (χ3v) is 3.49. The molecule has 0 aliphatic carbocycles. The SMILES string of the molecule is CC(C)(C)c1cc2ncc(C(=O)c3ccccc3O)cn2n1. The van der Waals surface area contributed by atoms with E-state index in [1.165, 1.54) is 12.3 Å². The Balaban J connectivity index is 2.05. The Bertz CT molecular complexity index is 860. The molecule has 112 valence electrons. The summed E-state index contributed by atoms with van der Waals surface area (Å²) in [6.45, 7) is 6.22. The minimum absolute atomic E-state index is 0.0385. The lowest BCUT2D eigenvalue weighted by Gasteiger charge is -2.13. The second-order valence-electron chi connectivity index (χ2n) is 6.27. The van der Waals surface area contributed by atoms with Gasteiger partial charge in [0.1, 0.15) is 5.75 Å². The van der Waals surface area contributed by atoms with Gasteiger partial charge in [-0.25, -0.2) is 9.50 Å². The molecule has 0 amide bonds. The molecule has 0 saturated heterocycles. The predicted molar refractivity (Wildman–Crippen MR) is 83.2 cm³/mol. The quantitative estimate of drug-likeness (QED) is 0.738. The zero-order chi connectivity index (χ0) is 15.9. The number of nitrogens with zero attached hydrogens (tertiary/aromatic N) is 3. The number of hydrogen-bond acceptors (Lipinski definition) is 4. The monoisotopic (exact) mass is 295 g/mol. The lowest BCUT2D eigenvalue weighted by molar-refractivity contribution is 0.103. The molecule has 5 nitrogen and oxygen atoms in total. The van der Waals surface area contributed by atoms with Crippen molar-refractivity contribution < 1.29 is 9.90 Å². The number of aromatic nitrogens is 3. The first-order valence-electron chi connectivity index (χ1n) is 7.05. The number of carbonyl (C=O) groups is 1. The maximum absolute atomic E-state index is 12.5. The minimum atomic E-state index is -0.277. The Morgan fingerprint density at radius 3 is 2.64 bits per heavy atom. The number of fused-ring (bicyclic) bond motifs is 1. The number of phenolic OH excluding ortho intramolecular Hbond substituents is 1. The fourth-order valence-corrected chi connectivity index (χ4v) is 2.18. The van der Waals surface area contributed by atoms with Crippen LogP contribution >= 0.6 is 0 Å². The average molecular weight is 295 g/mol. The molecule has 0 saturated carbocycles. The number of carbonyl (C=O) groups excluding carboxylic acids is 1. The summed E-state index contributed by atoms with van der Waals surface area (Å²) in [5.41, 5.74) is 2.16. The molecule has 0 spiro atoms. The van der Waals surface area contributed by atoms with Crippen molar-refractivity contribution in [2.45, 2.75) is 26.2 Å². The second kappa shape index (κ2) is 4.94. The first-order chi connectivity index (χ1) is 10.4. The van der Waals surface area contributed by atoms with Crippen molar-refractivity contribution in [1.29, 1.82) is 0 Å². The molecule has 3 rings (SSSR count). The van der Waals surface area contributed by atoms with Crippen LogP contribution in [-0.4, -0.2) is 25.5 Å². The second-order valence-corrected chi connectivity index (χ2v) is 6.27. The zero-order valence-corrected chi connectivity index (χ0v) is 12.7. The van der Waals surface area contributed by atoms with Gasteiger partial charge in [-0.1, -0.05) is 32.9 Å². The molecule has 0 radical (unpaired) electrons. The van der Waals surface area contributed by atoms with Crippen LogP contribution in [0.3, 0.4) is 0 Å². The molecule has 0 aliphatic heterocycles. The number of ketones is 1. The summed E-state index contributed by atoms with van der Waals surface area (Å²) in [7, 11) is 0. The Morgan fingerprint density at radius 1 is 1.23 bits per heavy atom. The first kappa shape index (κ1) is 14.3. The standard InChI is InChI=1S/C17H17N3O2/c1-17(2,3)14-8-15-18-9-11(10-20(15)19-14)16(22)12-6-4-5-7-13(12)21/h4-10,21H,1-3H3. The van der Waals surface area contributed by atoms with Gasteiger partial charge in [-0.05, 0) is 12.1 Å². The van der Waals surface area contributed by atoms with Gasteiger partial charge in [0.25, 0.3) is 0 Å². The maximum atomic E-state index is 12.5. The maximum Gasteiger partial charge on any atom is 0.199 e. The summed E-state index contributed by atoms with van der Waals surface area (Å²) >= 11 is 0. The highest BCUT2D eigenvalue weighted by Gasteiger charge is 2.19. The Labute approximate surface area is 128 Å².